The third-order valence-corrected chi connectivity index (χ3v) is 4.27. The molecule has 0 amide bonds. The van der Waals surface area contributed by atoms with Crippen LogP contribution in [0.2, 0.25) is 0 Å². The van der Waals surface area contributed by atoms with Crippen molar-refractivity contribution in [1.29, 1.82) is 0 Å². The molecule has 3 rings (SSSR count). The molecule has 0 aromatic carbocycles. The van der Waals surface area contributed by atoms with E-state index < -0.39 is 0 Å². The number of aryl methyl sites for hydroxylation is 2. The largest absolute Gasteiger partial charge is 0.364 e. The molecule has 20 heavy (non-hydrogen) atoms. The summed E-state index contributed by atoms with van der Waals surface area (Å²) in [6, 6.07) is 2.06. The van der Waals surface area contributed by atoms with Crippen LogP contribution in [0.25, 0.3) is 10.2 Å². The van der Waals surface area contributed by atoms with Crippen LogP contribution in [0.1, 0.15) is 29.7 Å². The van der Waals surface area contributed by atoms with Gasteiger partial charge in [0.05, 0.1) is 17.6 Å². The van der Waals surface area contributed by atoms with Crippen molar-refractivity contribution in [3.05, 3.63) is 34.2 Å². The first kappa shape index (κ1) is 13.1. The van der Waals surface area contributed by atoms with Crippen molar-refractivity contribution in [2.45, 2.75) is 33.7 Å². The van der Waals surface area contributed by atoms with Crippen molar-refractivity contribution in [2.24, 2.45) is 0 Å². The van der Waals surface area contributed by atoms with E-state index in [1.54, 1.807) is 11.3 Å². The van der Waals surface area contributed by atoms with Crippen LogP contribution in [0.4, 0.5) is 5.82 Å². The standard InChI is InChI=1S/C14H17N5S/c1-4-12-16-13(10-5-6-20-14(10)17-12)15-7-11-8(2)9(3)18-19-11/h5-6H,4,7H2,1-3H3,(H,18,19)(H,15,16,17). The minimum Gasteiger partial charge on any atom is -0.364 e. The van der Waals surface area contributed by atoms with Gasteiger partial charge in [-0.05, 0) is 30.9 Å². The summed E-state index contributed by atoms with van der Waals surface area (Å²) >= 11 is 1.65. The Hall–Kier alpha value is -1.95. The second-order valence-corrected chi connectivity index (χ2v) is 5.65. The summed E-state index contributed by atoms with van der Waals surface area (Å²) in [5.74, 6) is 1.77. The molecule has 0 unspecified atom stereocenters. The van der Waals surface area contributed by atoms with Crippen LogP contribution < -0.4 is 5.32 Å². The zero-order valence-corrected chi connectivity index (χ0v) is 12.6. The van der Waals surface area contributed by atoms with E-state index in [-0.39, 0.29) is 0 Å². The number of hydrogen-bond acceptors (Lipinski definition) is 5. The quantitative estimate of drug-likeness (QED) is 0.773. The van der Waals surface area contributed by atoms with Crippen LogP contribution >= 0.6 is 11.3 Å². The monoisotopic (exact) mass is 287 g/mol. The molecule has 0 radical (unpaired) electrons. The van der Waals surface area contributed by atoms with Crippen molar-refractivity contribution in [2.75, 3.05) is 5.32 Å². The molecule has 0 aliphatic carbocycles. The van der Waals surface area contributed by atoms with Crippen molar-refractivity contribution in [3.8, 4) is 0 Å². The highest BCUT2D eigenvalue weighted by Gasteiger charge is 2.10. The number of hydrogen-bond donors (Lipinski definition) is 2. The minimum atomic E-state index is 0.668. The number of fused-ring (bicyclic) bond motifs is 1. The maximum atomic E-state index is 4.59. The highest BCUT2D eigenvalue weighted by atomic mass is 32.1. The highest BCUT2D eigenvalue weighted by Crippen LogP contribution is 2.25. The van der Waals surface area contributed by atoms with E-state index in [0.717, 1.165) is 39.7 Å². The number of thiophene rings is 1. The average Bonchev–Trinajstić information content (AvgIpc) is 3.05. The van der Waals surface area contributed by atoms with Crippen LogP contribution in [-0.4, -0.2) is 20.2 Å². The Morgan fingerprint density at radius 1 is 1.30 bits per heavy atom. The van der Waals surface area contributed by atoms with Crippen molar-refractivity contribution in [1.82, 2.24) is 20.2 Å². The maximum absolute atomic E-state index is 4.59. The molecule has 6 heteroatoms. The van der Waals surface area contributed by atoms with Gasteiger partial charge in [-0.3, -0.25) is 5.10 Å². The lowest BCUT2D eigenvalue weighted by atomic mass is 10.2. The Morgan fingerprint density at radius 3 is 2.85 bits per heavy atom. The second kappa shape index (κ2) is 5.20. The number of aromatic amines is 1. The van der Waals surface area contributed by atoms with Crippen molar-refractivity contribution < 1.29 is 0 Å². The van der Waals surface area contributed by atoms with Gasteiger partial charge in [0.15, 0.2) is 0 Å². The zero-order valence-electron chi connectivity index (χ0n) is 11.8. The third kappa shape index (κ3) is 2.27. The topological polar surface area (TPSA) is 66.5 Å². The number of rotatable bonds is 4. The first-order chi connectivity index (χ1) is 9.69. The van der Waals surface area contributed by atoms with Gasteiger partial charge in [0.25, 0.3) is 0 Å². The van der Waals surface area contributed by atoms with Gasteiger partial charge in [-0.15, -0.1) is 11.3 Å². The first-order valence-electron chi connectivity index (χ1n) is 6.67. The summed E-state index contributed by atoms with van der Waals surface area (Å²) in [5, 5.41) is 13.8. The molecule has 0 fully saturated rings. The molecular formula is C14H17N5S. The molecule has 3 aromatic heterocycles. The lowest BCUT2D eigenvalue weighted by molar-refractivity contribution is 0.936. The van der Waals surface area contributed by atoms with Crippen LogP contribution in [-0.2, 0) is 13.0 Å². The summed E-state index contributed by atoms with van der Waals surface area (Å²) in [6.07, 6.45) is 0.836. The van der Waals surface area contributed by atoms with Gasteiger partial charge in [-0.2, -0.15) is 5.10 Å². The van der Waals surface area contributed by atoms with Gasteiger partial charge in [0.1, 0.15) is 16.5 Å². The van der Waals surface area contributed by atoms with E-state index in [9.17, 15) is 0 Å². The fourth-order valence-corrected chi connectivity index (χ4v) is 2.85. The van der Waals surface area contributed by atoms with Crippen LogP contribution in [0.5, 0.6) is 0 Å². The smallest absolute Gasteiger partial charge is 0.138 e. The third-order valence-electron chi connectivity index (χ3n) is 3.46. The van der Waals surface area contributed by atoms with Crippen LogP contribution in [0.3, 0.4) is 0 Å². The summed E-state index contributed by atoms with van der Waals surface area (Å²) in [4.78, 5) is 10.2. The molecule has 5 nitrogen and oxygen atoms in total. The molecule has 0 aliphatic rings. The molecule has 0 bridgehead atoms. The van der Waals surface area contributed by atoms with Gasteiger partial charge in [0.2, 0.25) is 0 Å². The van der Waals surface area contributed by atoms with Gasteiger partial charge in [-0.25, -0.2) is 9.97 Å². The second-order valence-electron chi connectivity index (χ2n) is 4.76. The summed E-state index contributed by atoms with van der Waals surface area (Å²) in [7, 11) is 0. The summed E-state index contributed by atoms with van der Waals surface area (Å²) in [5.41, 5.74) is 3.34. The molecule has 3 aromatic rings. The lowest BCUT2D eigenvalue weighted by Gasteiger charge is -2.07. The van der Waals surface area contributed by atoms with E-state index in [1.807, 2.05) is 12.3 Å². The maximum Gasteiger partial charge on any atom is 0.138 e. The van der Waals surface area contributed by atoms with E-state index in [0.29, 0.717) is 6.54 Å². The molecule has 0 saturated carbocycles. The SMILES string of the molecule is CCc1nc(NCc2n[nH]c(C)c2C)c2ccsc2n1. The Morgan fingerprint density at radius 2 is 2.15 bits per heavy atom. The fraction of sp³-hybridized carbons (Fsp3) is 0.357. The first-order valence-corrected chi connectivity index (χ1v) is 7.55. The Kier molecular flexibility index (Phi) is 3.40. The van der Waals surface area contributed by atoms with Gasteiger partial charge in [0, 0.05) is 12.1 Å². The Balaban J connectivity index is 1.90. The van der Waals surface area contributed by atoms with Gasteiger partial charge < -0.3 is 5.32 Å². The Labute approximate surface area is 121 Å². The zero-order chi connectivity index (χ0) is 14.1. The molecule has 3 heterocycles. The molecule has 2 N–H and O–H groups in total. The lowest BCUT2D eigenvalue weighted by Crippen LogP contribution is -2.05. The predicted octanol–water partition coefficient (Wildman–Crippen LogP) is 3.21. The van der Waals surface area contributed by atoms with Crippen LogP contribution in [0, 0.1) is 13.8 Å². The van der Waals surface area contributed by atoms with E-state index in [1.165, 1.54) is 5.56 Å². The van der Waals surface area contributed by atoms with Crippen molar-refractivity contribution >= 4 is 27.4 Å². The number of H-pyrrole nitrogens is 1. The molecule has 0 atom stereocenters. The van der Waals surface area contributed by atoms with E-state index in [4.69, 9.17) is 0 Å². The van der Waals surface area contributed by atoms with E-state index in [2.05, 4.69) is 45.4 Å². The normalized spacial score (nSPS) is 11.2. The van der Waals surface area contributed by atoms with Gasteiger partial charge in [-0.1, -0.05) is 6.92 Å². The number of nitrogens with zero attached hydrogens (tertiary/aromatic N) is 3. The van der Waals surface area contributed by atoms with Gasteiger partial charge >= 0.3 is 0 Å². The van der Waals surface area contributed by atoms with Crippen molar-refractivity contribution in [3.63, 3.8) is 0 Å². The number of nitrogens with one attached hydrogen (secondary N) is 2. The Bertz CT molecular complexity index is 743. The average molecular weight is 287 g/mol. The van der Waals surface area contributed by atoms with Crippen LogP contribution in [0.15, 0.2) is 11.4 Å². The molecule has 0 saturated heterocycles. The number of anilines is 1. The minimum absolute atomic E-state index is 0.668. The molecule has 0 spiro atoms. The predicted molar refractivity (Wildman–Crippen MR) is 82.2 cm³/mol. The molecular weight excluding hydrogens is 270 g/mol. The molecule has 0 aliphatic heterocycles. The summed E-state index contributed by atoms with van der Waals surface area (Å²) < 4.78 is 0. The highest BCUT2D eigenvalue weighted by molar-refractivity contribution is 7.16. The molecule has 104 valence electrons. The fourth-order valence-electron chi connectivity index (χ4n) is 2.07. The summed E-state index contributed by atoms with van der Waals surface area (Å²) in [6.45, 7) is 6.84. The number of aromatic nitrogens is 4. The van der Waals surface area contributed by atoms with E-state index >= 15 is 0 Å².